The van der Waals surface area contributed by atoms with Gasteiger partial charge in [0.1, 0.15) is 11.6 Å². The summed E-state index contributed by atoms with van der Waals surface area (Å²) in [7, 11) is 0. The van der Waals surface area contributed by atoms with Crippen LogP contribution in [0.4, 0.5) is 5.82 Å². The largest absolute Gasteiger partial charge is 0.425 e. The van der Waals surface area contributed by atoms with Crippen LogP contribution in [0.15, 0.2) is 35.1 Å². The number of hydrogen-bond donors (Lipinski definition) is 1. The first-order valence-electron chi connectivity index (χ1n) is 7.12. The van der Waals surface area contributed by atoms with Gasteiger partial charge in [-0.05, 0) is 35.1 Å². The highest BCUT2D eigenvalue weighted by atomic mass is 32.2. The highest BCUT2D eigenvalue weighted by Crippen LogP contribution is 2.28. The van der Waals surface area contributed by atoms with Crippen LogP contribution in [0, 0.1) is 0 Å². The van der Waals surface area contributed by atoms with Crippen LogP contribution in [-0.4, -0.2) is 14.7 Å². The van der Waals surface area contributed by atoms with E-state index in [-0.39, 0.29) is 11.4 Å². The summed E-state index contributed by atoms with van der Waals surface area (Å²) >= 11 is 1.43. The minimum absolute atomic E-state index is 0.0775. The molecule has 0 bridgehead atoms. The lowest BCUT2D eigenvalue weighted by molar-refractivity contribution is 0.435. The predicted octanol–water partition coefficient (Wildman–Crippen LogP) is 3.43. The van der Waals surface area contributed by atoms with Crippen LogP contribution in [0.2, 0.25) is 0 Å². The fourth-order valence-corrected chi connectivity index (χ4v) is 2.57. The maximum Gasteiger partial charge on any atom is 0.317 e. The fourth-order valence-electron chi connectivity index (χ4n) is 1.92. The topological polar surface area (TPSA) is 70.1 Å². The van der Waals surface area contributed by atoms with Crippen LogP contribution in [0.25, 0.3) is 0 Å². The molecular weight excluding hydrogens is 298 g/mol. The Labute approximate surface area is 134 Å². The zero-order valence-electron chi connectivity index (χ0n) is 13.3. The van der Waals surface area contributed by atoms with Crippen molar-refractivity contribution in [2.45, 2.75) is 33.1 Å². The molecule has 1 aromatic heterocycles. The van der Waals surface area contributed by atoms with Crippen molar-refractivity contribution in [1.29, 1.82) is 0 Å². The second kappa shape index (κ2) is 6.44. The second-order valence-corrected chi connectivity index (χ2v) is 7.09. The summed E-state index contributed by atoms with van der Waals surface area (Å²) in [6.07, 6.45) is 0. The molecule has 0 fully saturated rings. The molecule has 0 aliphatic carbocycles. The van der Waals surface area contributed by atoms with Crippen molar-refractivity contribution in [1.82, 2.24) is 8.96 Å². The lowest BCUT2D eigenvalue weighted by Crippen LogP contribution is -2.15. The Morgan fingerprint density at radius 2 is 1.91 bits per heavy atom. The summed E-state index contributed by atoms with van der Waals surface area (Å²) in [5.41, 5.74) is 6.74. The van der Waals surface area contributed by atoms with Gasteiger partial charge in [0.15, 0.2) is 0 Å². The standard InChI is InChI=1S/C16H21N3O2S/c1-5-22-19-13(17)10-14(20)18-15(19)21-12-8-6-11(7-9-12)16(2,3)4/h6-10H,5,17H2,1-4H3. The molecule has 118 valence electrons. The highest BCUT2D eigenvalue weighted by Gasteiger charge is 2.14. The first-order valence-corrected chi connectivity index (χ1v) is 8.07. The minimum Gasteiger partial charge on any atom is -0.425 e. The normalized spacial score (nSPS) is 11.5. The summed E-state index contributed by atoms with van der Waals surface area (Å²) in [5, 5.41) is 0. The molecule has 22 heavy (non-hydrogen) atoms. The number of benzene rings is 1. The van der Waals surface area contributed by atoms with E-state index in [2.05, 4.69) is 25.8 Å². The molecule has 0 spiro atoms. The van der Waals surface area contributed by atoms with E-state index < -0.39 is 5.56 Å². The molecule has 0 saturated heterocycles. The minimum atomic E-state index is -0.410. The molecule has 1 aromatic carbocycles. The molecule has 2 aromatic rings. The van der Waals surface area contributed by atoms with Crippen molar-refractivity contribution in [3.8, 4) is 11.8 Å². The average molecular weight is 319 g/mol. The van der Waals surface area contributed by atoms with Gasteiger partial charge < -0.3 is 10.5 Å². The van der Waals surface area contributed by atoms with E-state index in [1.165, 1.54) is 23.6 Å². The van der Waals surface area contributed by atoms with E-state index in [1.54, 1.807) is 3.97 Å². The van der Waals surface area contributed by atoms with Gasteiger partial charge in [-0.2, -0.15) is 4.98 Å². The molecule has 0 atom stereocenters. The summed E-state index contributed by atoms with van der Waals surface area (Å²) in [6.45, 7) is 8.44. The Kier molecular flexibility index (Phi) is 4.81. The number of rotatable bonds is 4. The van der Waals surface area contributed by atoms with Crippen LogP contribution in [-0.2, 0) is 5.41 Å². The number of nitrogen functional groups attached to an aromatic ring is 1. The summed E-state index contributed by atoms with van der Waals surface area (Å²) in [6, 6.07) is 9.25. The van der Waals surface area contributed by atoms with Gasteiger partial charge in [0.05, 0.1) is 0 Å². The Balaban J connectivity index is 2.32. The lowest BCUT2D eigenvalue weighted by atomic mass is 9.87. The third-order valence-electron chi connectivity index (χ3n) is 3.07. The lowest BCUT2D eigenvalue weighted by Gasteiger charge is -2.19. The van der Waals surface area contributed by atoms with E-state index >= 15 is 0 Å². The molecule has 2 N–H and O–H groups in total. The van der Waals surface area contributed by atoms with E-state index in [1.807, 2.05) is 31.2 Å². The van der Waals surface area contributed by atoms with Crippen LogP contribution in [0.1, 0.15) is 33.3 Å². The SMILES string of the molecule is CCSn1c(N)cc(=O)nc1Oc1ccc(C(C)(C)C)cc1. The van der Waals surface area contributed by atoms with Gasteiger partial charge in [0.25, 0.3) is 5.56 Å². The predicted molar refractivity (Wildman–Crippen MR) is 91.7 cm³/mol. The Hall–Kier alpha value is -1.95. The van der Waals surface area contributed by atoms with Gasteiger partial charge in [-0.1, -0.05) is 39.8 Å². The average Bonchev–Trinajstić information content (AvgIpc) is 2.42. The van der Waals surface area contributed by atoms with Crippen molar-refractivity contribution < 1.29 is 4.74 Å². The summed E-state index contributed by atoms with van der Waals surface area (Å²) < 4.78 is 7.37. The number of hydrogen-bond acceptors (Lipinski definition) is 5. The van der Waals surface area contributed by atoms with Crippen LogP contribution < -0.4 is 16.0 Å². The first kappa shape index (κ1) is 16.4. The maximum atomic E-state index is 11.5. The number of nitrogens with zero attached hydrogens (tertiary/aromatic N) is 2. The summed E-state index contributed by atoms with van der Waals surface area (Å²) in [4.78, 5) is 15.5. The van der Waals surface area contributed by atoms with E-state index in [4.69, 9.17) is 10.5 Å². The third kappa shape index (κ3) is 3.82. The van der Waals surface area contributed by atoms with Gasteiger partial charge in [-0.3, -0.25) is 4.79 Å². The quantitative estimate of drug-likeness (QED) is 0.935. The number of nitrogens with two attached hydrogens (primary N) is 1. The number of anilines is 1. The molecule has 0 aliphatic rings. The molecule has 2 rings (SSSR count). The molecule has 0 amide bonds. The van der Waals surface area contributed by atoms with Crippen molar-refractivity contribution in [3.63, 3.8) is 0 Å². The smallest absolute Gasteiger partial charge is 0.317 e. The fraction of sp³-hybridized carbons (Fsp3) is 0.375. The number of ether oxygens (including phenoxy) is 1. The first-order chi connectivity index (χ1) is 10.3. The van der Waals surface area contributed by atoms with E-state index in [9.17, 15) is 4.79 Å². The van der Waals surface area contributed by atoms with Crippen molar-refractivity contribution in [2.24, 2.45) is 0 Å². The van der Waals surface area contributed by atoms with Crippen molar-refractivity contribution in [3.05, 3.63) is 46.2 Å². The Morgan fingerprint density at radius 1 is 1.27 bits per heavy atom. The van der Waals surface area contributed by atoms with Gasteiger partial charge in [0.2, 0.25) is 0 Å². The highest BCUT2D eigenvalue weighted by molar-refractivity contribution is 7.97. The molecule has 0 unspecified atom stereocenters. The second-order valence-electron chi connectivity index (χ2n) is 5.89. The Morgan fingerprint density at radius 3 is 2.45 bits per heavy atom. The molecule has 1 heterocycles. The molecule has 5 nitrogen and oxygen atoms in total. The molecule has 0 aliphatic heterocycles. The van der Waals surface area contributed by atoms with Gasteiger partial charge in [-0.15, -0.1) is 0 Å². The van der Waals surface area contributed by atoms with Crippen LogP contribution >= 0.6 is 11.9 Å². The van der Waals surface area contributed by atoms with Gasteiger partial charge in [-0.25, -0.2) is 3.97 Å². The van der Waals surface area contributed by atoms with Crippen molar-refractivity contribution in [2.75, 3.05) is 11.5 Å². The third-order valence-corrected chi connectivity index (χ3v) is 3.96. The monoisotopic (exact) mass is 319 g/mol. The molecule has 6 heteroatoms. The Bertz CT molecular complexity index is 703. The van der Waals surface area contributed by atoms with E-state index in [0.717, 1.165) is 5.75 Å². The molecule has 0 saturated carbocycles. The van der Waals surface area contributed by atoms with Gasteiger partial charge in [0, 0.05) is 11.8 Å². The van der Waals surface area contributed by atoms with Crippen LogP contribution in [0.5, 0.6) is 11.8 Å². The molecular formula is C16H21N3O2S. The zero-order valence-corrected chi connectivity index (χ0v) is 14.1. The zero-order chi connectivity index (χ0) is 16.3. The summed E-state index contributed by atoms with van der Waals surface area (Å²) in [5.74, 6) is 1.73. The van der Waals surface area contributed by atoms with Crippen molar-refractivity contribution >= 4 is 17.8 Å². The number of aromatic nitrogens is 2. The van der Waals surface area contributed by atoms with E-state index in [0.29, 0.717) is 11.6 Å². The maximum absolute atomic E-state index is 11.5. The van der Waals surface area contributed by atoms with Gasteiger partial charge >= 0.3 is 6.01 Å². The molecule has 0 radical (unpaired) electrons. The van der Waals surface area contributed by atoms with Crippen LogP contribution in [0.3, 0.4) is 0 Å².